The van der Waals surface area contributed by atoms with Gasteiger partial charge in [-0.25, -0.2) is 4.98 Å². The monoisotopic (exact) mass is 255 g/mol. The minimum absolute atomic E-state index is 0.0985. The lowest BCUT2D eigenvalue weighted by Gasteiger charge is -2.25. The average molecular weight is 255 g/mol. The SMILES string of the molecule is CC(C)(C)c1cncn1-c1cccc2c1CNCC2. The molecule has 2 heterocycles. The fourth-order valence-corrected chi connectivity index (χ4v) is 2.76. The maximum absolute atomic E-state index is 4.36. The summed E-state index contributed by atoms with van der Waals surface area (Å²) in [6.07, 6.45) is 5.03. The summed E-state index contributed by atoms with van der Waals surface area (Å²) in [6.45, 7) is 8.72. The Morgan fingerprint density at radius 3 is 2.89 bits per heavy atom. The molecule has 0 saturated carbocycles. The molecule has 0 spiro atoms. The lowest BCUT2D eigenvalue weighted by molar-refractivity contribution is 0.554. The Kier molecular flexibility index (Phi) is 2.94. The molecule has 3 nitrogen and oxygen atoms in total. The predicted octanol–water partition coefficient (Wildman–Crippen LogP) is 2.82. The summed E-state index contributed by atoms with van der Waals surface area (Å²) in [5, 5.41) is 3.47. The smallest absolute Gasteiger partial charge is 0.0994 e. The largest absolute Gasteiger partial charge is 0.312 e. The van der Waals surface area contributed by atoms with E-state index in [-0.39, 0.29) is 5.41 Å². The Hall–Kier alpha value is -1.61. The van der Waals surface area contributed by atoms with Gasteiger partial charge < -0.3 is 9.88 Å². The van der Waals surface area contributed by atoms with Crippen molar-refractivity contribution in [3.05, 3.63) is 47.5 Å². The molecule has 1 N–H and O–H groups in total. The molecule has 1 aromatic carbocycles. The molecule has 1 aliphatic heterocycles. The average Bonchev–Trinajstić information content (AvgIpc) is 2.87. The predicted molar refractivity (Wildman–Crippen MR) is 77.7 cm³/mol. The van der Waals surface area contributed by atoms with Gasteiger partial charge in [0.2, 0.25) is 0 Å². The van der Waals surface area contributed by atoms with Crippen LogP contribution in [-0.2, 0) is 18.4 Å². The molecule has 0 atom stereocenters. The third kappa shape index (κ3) is 2.19. The summed E-state index contributed by atoms with van der Waals surface area (Å²) in [5.74, 6) is 0. The van der Waals surface area contributed by atoms with Gasteiger partial charge in [-0.2, -0.15) is 0 Å². The number of benzene rings is 1. The van der Waals surface area contributed by atoms with Crippen LogP contribution in [0.15, 0.2) is 30.7 Å². The lowest BCUT2D eigenvalue weighted by Crippen LogP contribution is -2.26. The van der Waals surface area contributed by atoms with Crippen molar-refractivity contribution >= 4 is 0 Å². The Balaban J connectivity index is 2.16. The van der Waals surface area contributed by atoms with Crippen molar-refractivity contribution in [3.8, 4) is 5.69 Å². The molecule has 3 heteroatoms. The maximum Gasteiger partial charge on any atom is 0.0994 e. The molecular weight excluding hydrogens is 234 g/mol. The van der Waals surface area contributed by atoms with Gasteiger partial charge in [0, 0.05) is 23.9 Å². The number of imidazole rings is 1. The first-order valence-electron chi connectivity index (χ1n) is 6.92. The van der Waals surface area contributed by atoms with Gasteiger partial charge in [0.1, 0.15) is 0 Å². The molecule has 2 aromatic rings. The molecule has 0 unspecified atom stereocenters. The number of fused-ring (bicyclic) bond motifs is 1. The van der Waals surface area contributed by atoms with Gasteiger partial charge in [-0.05, 0) is 30.2 Å². The van der Waals surface area contributed by atoms with E-state index in [0.717, 1.165) is 19.5 Å². The van der Waals surface area contributed by atoms with Gasteiger partial charge >= 0.3 is 0 Å². The van der Waals surface area contributed by atoms with E-state index in [1.165, 1.54) is 22.5 Å². The van der Waals surface area contributed by atoms with Crippen LogP contribution in [0.2, 0.25) is 0 Å². The third-order valence-corrected chi connectivity index (χ3v) is 3.79. The summed E-state index contributed by atoms with van der Waals surface area (Å²) in [4.78, 5) is 4.36. The summed E-state index contributed by atoms with van der Waals surface area (Å²) < 4.78 is 2.24. The normalized spacial score (nSPS) is 15.3. The van der Waals surface area contributed by atoms with Crippen molar-refractivity contribution in [2.24, 2.45) is 0 Å². The fourth-order valence-electron chi connectivity index (χ4n) is 2.76. The van der Waals surface area contributed by atoms with Gasteiger partial charge in [0.05, 0.1) is 12.0 Å². The van der Waals surface area contributed by atoms with Crippen LogP contribution in [0.1, 0.15) is 37.6 Å². The van der Waals surface area contributed by atoms with Crippen LogP contribution in [0.5, 0.6) is 0 Å². The van der Waals surface area contributed by atoms with Crippen molar-refractivity contribution < 1.29 is 0 Å². The molecule has 100 valence electrons. The Morgan fingerprint density at radius 2 is 2.11 bits per heavy atom. The van der Waals surface area contributed by atoms with Crippen LogP contribution >= 0.6 is 0 Å². The molecule has 0 bridgehead atoms. The van der Waals surface area contributed by atoms with Gasteiger partial charge in [-0.3, -0.25) is 0 Å². The zero-order chi connectivity index (χ0) is 13.5. The Bertz CT molecular complexity index is 590. The maximum atomic E-state index is 4.36. The minimum Gasteiger partial charge on any atom is -0.312 e. The number of nitrogens with one attached hydrogen (secondary N) is 1. The van der Waals surface area contributed by atoms with Crippen LogP contribution in [0.25, 0.3) is 5.69 Å². The van der Waals surface area contributed by atoms with Crippen LogP contribution in [-0.4, -0.2) is 16.1 Å². The molecule has 0 fully saturated rings. The second-order valence-corrected chi connectivity index (χ2v) is 6.24. The molecule has 1 aliphatic rings. The van der Waals surface area contributed by atoms with Gasteiger partial charge in [-0.1, -0.05) is 32.9 Å². The van der Waals surface area contributed by atoms with Crippen molar-refractivity contribution in [3.63, 3.8) is 0 Å². The fraction of sp³-hybridized carbons (Fsp3) is 0.438. The van der Waals surface area contributed by atoms with Gasteiger partial charge in [-0.15, -0.1) is 0 Å². The molecule has 1 aromatic heterocycles. The minimum atomic E-state index is 0.0985. The molecule has 0 radical (unpaired) electrons. The molecule has 0 saturated heterocycles. The summed E-state index contributed by atoms with van der Waals surface area (Å²) in [7, 11) is 0. The first-order chi connectivity index (χ1) is 9.07. The molecule has 0 amide bonds. The van der Waals surface area contributed by atoms with Gasteiger partial charge in [0.25, 0.3) is 0 Å². The van der Waals surface area contributed by atoms with Crippen LogP contribution < -0.4 is 5.32 Å². The van der Waals surface area contributed by atoms with Crippen molar-refractivity contribution in [2.75, 3.05) is 6.54 Å². The molecule has 0 aliphatic carbocycles. The topological polar surface area (TPSA) is 29.9 Å². The first kappa shape index (κ1) is 12.4. The van der Waals surface area contributed by atoms with Crippen molar-refractivity contribution in [1.29, 1.82) is 0 Å². The molecule has 3 rings (SSSR count). The van der Waals surface area contributed by atoms with E-state index < -0.39 is 0 Å². The summed E-state index contributed by atoms with van der Waals surface area (Å²) in [6, 6.07) is 6.60. The van der Waals surface area contributed by atoms with E-state index in [2.05, 4.69) is 53.8 Å². The lowest BCUT2D eigenvalue weighted by atomic mass is 9.92. The van der Waals surface area contributed by atoms with E-state index in [9.17, 15) is 0 Å². The summed E-state index contributed by atoms with van der Waals surface area (Å²) in [5.41, 5.74) is 5.50. The van der Waals surface area contributed by atoms with E-state index in [0.29, 0.717) is 0 Å². The second kappa shape index (κ2) is 4.49. The number of rotatable bonds is 1. The number of aromatic nitrogens is 2. The number of nitrogens with zero attached hydrogens (tertiary/aromatic N) is 2. The van der Waals surface area contributed by atoms with Gasteiger partial charge in [0.15, 0.2) is 0 Å². The third-order valence-electron chi connectivity index (χ3n) is 3.79. The first-order valence-corrected chi connectivity index (χ1v) is 6.92. The highest BCUT2D eigenvalue weighted by atomic mass is 15.1. The highest BCUT2D eigenvalue weighted by molar-refractivity contribution is 5.48. The van der Waals surface area contributed by atoms with E-state index in [1.807, 2.05) is 12.5 Å². The highest BCUT2D eigenvalue weighted by Crippen LogP contribution is 2.28. The van der Waals surface area contributed by atoms with Crippen LogP contribution in [0.3, 0.4) is 0 Å². The molecule has 19 heavy (non-hydrogen) atoms. The number of hydrogen-bond acceptors (Lipinski definition) is 2. The van der Waals surface area contributed by atoms with Crippen molar-refractivity contribution in [1.82, 2.24) is 14.9 Å². The van der Waals surface area contributed by atoms with E-state index >= 15 is 0 Å². The number of hydrogen-bond donors (Lipinski definition) is 1. The highest BCUT2D eigenvalue weighted by Gasteiger charge is 2.21. The van der Waals surface area contributed by atoms with E-state index in [4.69, 9.17) is 0 Å². The Labute approximate surface area is 114 Å². The molecular formula is C16H21N3. The van der Waals surface area contributed by atoms with Crippen LogP contribution in [0.4, 0.5) is 0 Å². The Morgan fingerprint density at radius 1 is 1.26 bits per heavy atom. The quantitative estimate of drug-likeness (QED) is 0.849. The van der Waals surface area contributed by atoms with E-state index in [1.54, 1.807) is 0 Å². The zero-order valence-corrected chi connectivity index (χ0v) is 11.9. The van der Waals surface area contributed by atoms with Crippen LogP contribution in [0, 0.1) is 0 Å². The second-order valence-electron chi connectivity index (χ2n) is 6.24. The van der Waals surface area contributed by atoms with Crippen molar-refractivity contribution in [2.45, 2.75) is 39.2 Å². The zero-order valence-electron chi connectivity index (χ0n) is 11.9. The summed E-state index contributed by atoms with van der Waals surface area (Å²) >= 11 is 0. The standard InChI is InChI=1S/C16H21N3/c1-16(2,3)15-10-18-11-19(15)14-6-4-5-12-7-8-17-9-13(12)14/h4-6,10-11,17H,7-9H2,1-3H3.